The Balaban J connectivity index is 1.37. The van der Waals surface area contributed by atoms with E-state index in [4.69, 9.17) is 0 Å². The first-order valence-electron chi connectivity index (χ1n) is 9.00. The van der Waals surface area contributed by atoms with Gasteiger partial charge in [-0.05, 0) is 31.1 Å². The normalized spacial score (nSPS) is 19.7. The molecule has 0 spiro atoms. The Labute approximate surface area is 147 Å². The van der Waals surface area contributed by atoms with Crippen LogP contribution in [-0.4, -0.2) is 65.9 Å². The lowest BCUT2D eigenvalue weighted by Gasteiger charge is -2.39. The predicted octanol–water partition coefficient (Wildman–Crippen LogP) is 1.31. The van der Waals surface area contributed by atoms with E-state index in [1.807, 2.05) is 47.1 Å². The Morgan fingerprint density at radius 1 is 1.08 bits per heavy atom. The molecule has 2 fully saturated rings. The topological polar surface area (TPSA) is 68.4 Å². The van der Waals surface area contributed by atoms with Crippen molar-refractivity contribution in [3.63, 3.8) is 0 Å². The van der Waals surface area contributed by atoms with Crippen molar-refractivity contribution in [3.05, 3.63) is 36.0 Å². The molecule has 6 nitrogen and oxygen atoms in total. The number of carbonyl (C=O) groups excluding carboxylic acids is 2. The summed E-state index contributed by atoms with van der Waals surface area (Å²) in [4.78, 5) is 32.3. The molecule has 2 aliphatic heterocycles. The standard InChI is InChI=1S/C19H24N4O2/c1-13(15-11-20-12-15)18(24)22-6-8-23(9-7-22)19(25)17-10-14-4-2-3-5-16(14)21-17/h2-5,10,13,15,20-21H,6-9,11-12H2,1H3. The van der Waals surface area contributed by atoms with Crippen molar-refractivity contribution in [2.45, 2.75) is 6.92 Å². The summed E-state index contributed by atoms with van der Waals surface area (Å²) in [6.45, 7) is 6.32. The molecule has 3 heterocycles. The monoisotopic (exact) mass is 340 g/mol. The second-order valence-electron chi connectivity index (χ2n) is 7.09. The van der Waals surface area contributed by atoms with Crippen LogP contribution in [-0.2, 0) is 4.79 Å². The molecule has 1 atom stereocenters. The van der Waals surface area contributed by atoms with Gasteiger partial charge in [-0.3, -0.25) is 9.59 Å². The molecule has 2 N–H and O–H groups in total. The molecule has 4 rings (SSSR count). The summed E-state index contributed by atoms with van der Waals surface area (Å²) in [7, 11) is 0. The van der Waals surface area contributed by atoms with Gasteiger partial charge in [0.15, 0.2) is 0 Å². The summed E-state index contributed by atoms with van der Waals surface area (Å²) < 4.78 is 0. The van der Waals surface area contributed by atoms with Gasteiger partial charge >= 0.3 is 0 Å². The van der Waals surface area contributed by atoms with Crippen LogP contribution in [0, 0.1) is 11.8 Å². The molecule has 2 aromatic rings. The molecule has 2 amide bonds. The number of hydrogen-bond donors (Lipinski definition) is 2. The number of aromatic nitrogens is 1. The van der Waals surface area contributed by atoms with Gasteiger partial charge < -0.3 is 20.1 Å². The van der Waals surface area contributed by atoms with Crippen LogP contribution in [0.5, 0.6) is 0 Å². The zero-order valence-corrected chi connectivity index (χ0v) is 14.5. The summed E-state index contributed by atoms with van der Waals surface area (Å²) in [5, 5.41) is 4.27. The van der Waals surface area contributed by atoms with Crippen LogP contribution in [0.3, 0.4) is 0 Å². The average molecular weight is 340 g/mol. The van der Waals surface area contributed by atoms with Crippen LogP contribution < -0.4 is 5.32 Å². The van der Waals surface area contributed by atoms with E-state index in [0.717, 1.165) is 24.0 Å². The van der Waals surface area contributed by atoms with E-state index < -0.39 is 0 Å². The molecule has 0 saturated carbocycles. The van der Waals surface area contributed by atoms with E-state index in [2.05, 4.69) is 10.3 Å². The molecule has 0 radical (unpaired) electrons. The van der Waals surface area contributed by atoms with Gasteiger partial charge in [0.2, 0.25) is 5.91 Å². The van der Waals surface area contributed by atoms with Gasteiger partial charge in [-0.1, -0.05) is 25.1 Å². The highest BCUT2D eigenvalue weighted by Crippen LogP contribution is 2.20. The Kier molecular flexibility index (Phi) is 4.21. The number of nitrogens with one attached hydrogen (secondary N) is 2. The minimum atomic E-state index is 0.0135. The fourth-order valence-electron chi connectivity index (χ4n) is 3.64. The third-order valence-electron chi connectivity index (χ3n) is 5.55. The molecular formula is C19H24N4O2. The highest BCUT2D eigenvalue weighted by Gasteiger charge is 2.33. The lowest BCUT2D eigenvalue weighted by Crippen LogP contribution is -2.55. The van der Waals surface area contributed by atoms with E-state index in [-0.39, 0.29) is 17.7 Å². The van der Waals surface area contributed by atoms with Crippen LogP contribution in [0.2, 0.25) is 0 Å². The van der Waals surface area contributed by atoms with Gasteiger partial charge in [-0.25, -0.2) is 0 Å². The Bertz CT molecular complexity index is 755. The third-order valence-corrected chi connectivity index (χ3v) is 5.55. The summed E-state index contributed by atoms with van der Waals surface area (Å²) in [6, 6.07) is 9.79. The molecule has 1 aromatic heterocycles. The number of piperazine rings is 1. The van der Waals surface area contributed by atoms with Crippen molar-refractivity contribution in [2.24, 2.45) is 11.8 Å². The van der Waals surface area contributed by atoms with Crippen LogP contribution in [0.15, 0.2) is 30.3 Å². The van der Waals surface area contributed by atoms with Crippen LogP contribution in [0.1, 0.15) is 17.4 Å². The molecule has 2 aliphatic rings. The first kappa shape index (κ1) is 16.1. The summed E-state index contributed by atoms with van der Waals surface area (Å²) >= 11 is 0. The van der Waals surface area contributed by atoms with Gasteiger partial charge in [0.05, 0.1) is 0 Å². The highest BCUT2D eigenvalue weighted by molar-refractivity contribution is 5.98. The van der Waals surface area contributed by atoms with E-state index in [1.54, 1.807) is 0 Å². The Morgan fingerprint density at radius 2 is 1.76 bits per heavy atom. The molecule has 0 bridgehead atoms. The maximum atomic E-state index is 12.7. The van der Waals surface area contributed by atoms with Crippen LogP contribution in [0.4, 0.5) is 0 Å². The zero-order valence-electron chi connectivity index (χ0n) is 14.5. The number of carbonyl (C=O) groups is 2. The predicted molar refractivity (Wildman–Crippen MR) is 96.3 cm³/mol. The average Bonchev–Trinajstić information content (AvgIpc) is 3.03. The van der Waals surface area contributed by atoms with Crippen LogP contribution in [0.25, 0.3) is 10.9 Å². The van der Waals surface area contributed by atoms with E-state index in [1.165, 1.54) is 0 Å². The minimum Gasteiger partial charge on any atom is -0.351 e. The van der Waals surface area contributed by atoms with E-state index in [9.17, 15) is 9.59 Å². The largest absolute Gasteiger partial charge is 0.351 e. The van der Waals surface area contributed by atoms with Crippen LogP contribution >= 0.6 is 0 Å². The van der Waals surface area contributed by atoms with Crippen molar-refractivity contribution in [3.8, 4) is 0 Å². The summed E-state index contributed by atoms with van der Waals surface area (Å²) in [5.41, 5.74) is 1.59. The third kappa shape index (κ3) is 3.02. The number of hydrogen-bond acceptors (Lipinski definition) is 3. The number of nitrogens with zero attached hydrogens (tertiary/aromatic N) is 2. The number of rotatable bonds is 3. The fraction of sp³-hybridized carbons (Fsp3) is 0.474. The minimum absolute atomic E-state index is 0.0135. The molecule has 0 aliphatic carbocycles. The van der Waals surface area contributed by atoms with Gasteiger partial charge in [0.1, 0.15) is 5.69 Å². The lowest BCUT2D eigenvalue weighted by molar-refractivity contribution is -0.138. The second-order valence-corrected chi connectivity index (χ2v) is 7.09. The van der Waals surface area contributed by atoms with Crippen molar-refractivity contribution < 1.29 is 9.59 Å². The lowest BCUT2D eigenvalue weighted by atomic mass is 9.88. The molecule has 2 saturated heterocycles. The number of fused-ring (bicyclic) bond motifs is 1. The van der Waals surface area contributed by atoms with E-state index >= 15 is 0 Å². The number of amides is 2. The molecule has 25 heavy (non-hydrogen) atoms. The molecular weight excluding hydrogens is 316 g/mol. The SMILES string of the molecule is CC(C(=O)N1CCN(C(=O)c2cc3ccccc3[nH]2)CC1)C1CNC1. The van der Waals surface area contributed by atoms with Gasteiger partial charge in [-0.15, -0.1) is 0 Å². The first-order valence-corrected chi connectivity index (χ1v) is 9.00. The summed E-state index contributed by atoms with van der Waals surface area (Å²) in [5.74, 6) is 0.763. The molecule has 1 unspecified atom stereocenters. The Hall–Kier alpha value is -2.34. The number of H-pyrrole nitrogens is 1. The summed E-state index contributed by atoms with van der Waals surface area (Å²) in [6.07, 6.45) is 0. The molecule has 6 heteroatoms. The van der Waals surface area contributed by atoms with Gasteiger partial charge in [0, 0.05) is 43.0 Å². The maximum Gasteiger partial charge on any atom is 0.270 e. The quantitative estimate of drug-likeness (QED) is 0.885. The molecule has 1 aromatic carbocycles. The highest BCUT2D eigenvalue weighted by atomic mass is 16.2. The van der Waals surface area contributed by atoms with E-state index in [0.29, 0.717) is 37.8 Å². The first-order chi connectivity index (χ1) is 12.1. The smallest absolute Gasteiger partial charge is 0.270 e. The van der Waals surface area contributed by atoms with Crippen molar-refractivity contribution in [2.75, 3.05) is 39.3 Å². The van der Waals surface area contributed by atoms with Crippen molar-refractivity contribution >= 4 is 22.7 Å². The number of para-hydroxylation sites is 1. The second kappa shape index (κ2) is 6.52. The van der Waals surface area contributed by atoms with Crippen molar-refractivity contribution in [1.82, 2.24) is 20.1 Å². The number of benzene rings is 1. The maximum absolute atomic E-state index is 12.7. The Morgan fingerprint density at radius 3 is 2.40 bits per heavy atom. The van der Waals surface area contributed by atoms with Crippen molar-refractivity contribution in [1.29, 1.82) is 0 Å². The number of aromatic amines is 1. The zero-order chi connectivity index (χ0) is 17.4. The van der Waals surface area contributed by atoms with Gasteiger partial charge in [0.25, 0.3) is 5.91 Å². The van der Waals surface area contributed by atoms with Gasteiger partial charge in [-0.2, -0.15) is 0 Å². The molecule has 132 valence electrons. The fourth-order valence-corrected chi connectivity index (χ4v) is 3.64.